The van der Waals surface area contributed by atoms with Gasteiger partial charge in [0.1, 0.15) is 5.00 Å². The number of likely N-dealkylation sites (tertiary alicyclic amines) is 1. The van der Waals surface area contributed by atoms with Gasteiger partial charge in [0.25, 0.3) is 0 Å². The Morgan fingerprint density at radius 1 is 1.60 bits per heavy atom. The normalized spacial score (nSPS) is 19.4. The van der Waals surface area contributed by atoms with Crippen LogP contribution in [0, 0.1) is 0 Å². The number of anilines is 2. The summed E-state index contributed by atoms with van der Waals surface area (Å²) in [4.78, 5) is 15.8. The predicted molar refractivity (Wildman–Crippen MR) is 89.3 cm³/mol. The number of nitrogens with two attached hydrogens (primary N) is 1. The predicted octanol–water partition coefficient (Wildman–Crippen LogP) is 3.15. The largest absolute Gasteiger partial charge is 0.396 e. The van der Waals surface area contributed by atoms with Crippen LogP contribution in [0.25, 0.3) is 0 Å². The number of rotatable bonds is 6. The number of carbonyl (C=O) groups is 1. The summed E-state index contributed by atoms with van der Waals surface area (Å²) in [7, 11) is 0. The number of thioether (sulfide) groups is 1. The molecule has 1 aromatic heterocycles. The average Bonchev–Trinajstić information content (AvgIpc) is 2.99. The molecule has 20 heavy (non-hydrogen) atoms. The van der Waals surface area contributed by atoms with Gasteiger partial charge < -0.3 is 11.1 Å². The minimum Gasteiger partial charge on any atom is -0.396 e. The van der Waals surface area contributed by atoms with Crippen molar-refractivity contribution >= 4 is 39.6 Å². The van der Waals surface area contributed by atoms with Gasteiger partial charge in [-0.1, -0.05) is 6.92 Å². The van der Waals surface area contributed by atoms with Gasteiger partial charge in [-0.2, -0.15) is 0 Å². The van der Waals surface area contributed by atoms with E-state index in [4.69, 9.17) is 5.73 Å². The molecule has 1 saturated heterocycles. The molecule has 0 radical (unpaired) electrons. The lowest BCUT2D eigenvalue weighted by molar-refractivity contribution is 0.102. The average molecular weight is 313 g/mol. The second-order valence-corrected chi connectivity index (χ2v) is 6.91. The van der Waals surface area contributed by atoms with Crippen LogP contribution in [0.3, 0.4) is 0 Å². The fraction of sp³-hybridized carbons (Fsp3) is 0.643. The molecule has 0 aliphatic carbocycles. The van der Waals surface area contributed by atoms with E-state index in [1.54, 1.807) is 18.7 Å². The Labute approximate surface area is 129 Å². The standard InChI is InChI=1S/C14H23N3OS2/c1-4-17-7-5-6-10(17)8-16-14-13(19-3)11(15)12(20-14)9(2)18/h10,16H,4-8,15H2,1-3H3. The van der Waals surface area contributed by atoms with Crippen molar-refractivity contribution in [1.29, 1.82) is 0 Å². The molecule has 0 amide bonds. The van der Waals surface area contributed by atoms with Gasteiger partial charge in [-0.25, -0.2) is 0 Å². The smallest absolute Gasteiger partial charge is 0.171 e. The first-order chi connectivity index (χ1) is 9.58. The molecule has 6 heteroatoms. The highest BCUT2D eigenvalue weighted by molar-refractivity contribution is 7.99. The third-order valence-electron chi connectivity index (χ3n) is 3.83. The Morgan fingerprint density at radius 3 is 2.95 bits per heavy atom. The quantitative estimate of drug-likeness (QED) is 0.624. The second-order valence-electron chi connectivity index (χ2n) is 5.07. The number of nitrogens with one attached hydrogen (secondary N) is 1. The van der Waals surface area contributed by atoms with E-state index in [1.165, 1.54) is 30.7 Å². The summed E-state index contributed by atoms with van der Waals surface area (Å²) in [5.74, 6) is 0.0481. The first-order valence-corrected chi connectivity index (χ1v) is 9.07. The zero-order valence-corrected chi connectivity index (χ0v) is 14.0. The van der Waals surface area contributed by atoms with E-state index >= 15 is 0 Å². The molecule has 1 aliphatic rings. The maximum absolute atomic E-state index is 11.6. The number of likely N-dealkylation sites (N-methyl/N-ethyl adjacent to an activating group) is 1. The summed E-state index contributed by atoms with van der Waals surface area (Å²) in [5.41, 5.74) is 6.71. The number of nitrogen functional groups attached to an aromatic ring is 1. The van der Waals surface area contributed by atoms with Crippen LogP contribution in [-0.4, -0.2) is 42.6 Å². The number of hydrogen-bond donors (Lipinski definition) is 2. The highest BCUT2D eigenvalue weighted by Crippen LogP contribution is 2.41. The van der Waals surface area contributed by atoms with Gasteiger partial charge in [0.05, 0.1) is 15.5 Å². The van der Waals surface area contributed by atoms with Gasteiger partial charge in [0, 0.05) is 19.5 Å². The van der Waals surface area contributed by atoms with Crippen molar-refractivity contribution in [2.45, 2.75) is 37.6 Å². The fourth-order valence-electron chi connectivity index (χ4n) is 2.76. The van der Waals surface area contributed by atoms with Crippen molar-refractivity contribution in [1.82, 2.24) is 4.90 Å². The van der Waals surface area contributed by atoms with Crippen molar-refractivity contribution in [3.05, 3.63) is 4.88 Å². The Bertz CT molecular complexity index is 487. The first-order valence-electron chi connectivity index (χ1n) is 7.03. The van der Waals surface area contributed by atoms with E-state index < -0.39 is 0 Å². The molecule has 0 saturated carbocycles. The van der Waals surface area contributed by atoms with E-state index in [2.05, 4.69) is 17.1 Å². The van der Waals surface area contributed by atoms with Gasteiger partial charge >= 0.3 is 0 Å². The molecular formula is C14H23N3OS2. The van der Waals surface area contributed by atoms with Crippen molar-refractivity contribution < 1.29 is 4.79 Å². The van der Waals surface area contributed by atoms with Crippen LogP contribution in [-0.2, 0) is 0 Å². The van der Waals surface area contributed by atoms with Crippen LogP contribution in [0.5, 0.6) is 0 Å². The molecule has 2 rings (SSSR count). The van der Waals surface area contributed by atoms with E-state index in [-0.39, 0.29) is 5.78 Å². The van der Waals surface area contributed by atoms with E-state index in [9.17, 15) is 4.79 Å². The van der Waals surface area contributed by atoms with Gasteiger partial charge in [-0.05, 0) is 32.2 Å². The van der Waals surface area contributed by atoms with E-state index in [0.717, 1.165) is 23.0 Å². The molecule has 1 fully saturated rings. The number of Topliss-reactive ketones (excluding diaryl/α,β-unsaturated/α-hetero) is 1. The third kappa shape index (κ3) is 3.13. The SMILES string of the molecule is CCN1CCCC1CNc1sc(C(C)=O)c(N)c1SC. The Hall–Kier alpha value is -0.720. The minimum atomic E-state index is 0.0481. The summed E-state index contributed by atoms with van der Waals surface area (Å²) < 4.78 is 0. The number of hydrogen-bond acceptors (Lipinski definition) is 6. The van der Waals surface area contributed by atoms with Crippen molar-refractivity contribution in [2.24, 2.45) is 0 Å². The lowest BCUT2D eigenvalue weighted by atomic mass is 10.2. The summed E-state index contributed by atoms with van der Waals surface area (Å²) in [5, 5.41) is 4.55. The number of ketones is 1. The third-order valence-corrected chi connectivity index (χ3v) is 6.05. The van der Waals surface area contributed by atoms with Crippen LogP contribution >= 0.6 is 23.1 Å². The zero-order chi connectivity index (χ0) is 14.7. The zero-order valence-electron chi connectivity index (χ0n) is 12.4. The maximum Gasteiger partial charge on any atom is 0.171 e. The topological polar surface area (TPSA) is 58.4 Å². The lowest BCUT2D eigenvalue weighted by Crippen LogP contribution is -2.34. The minimum absolute atomic E-state index is 0.0481. The molecule has 1 atom stereocenters. The van der Waals surface area contributed by atoms with Crippen molar-refractivity contribution in [3.63, 3.8) is 0 Å². The van der Waals surface area contributed by atoms with Gasteiger partial charge in [0.2, 0.25) is 0 Å². The molecular weight excluding hydrogens is 290 g/mol. The highest BCUT2D eigenvalue weighted by Gasteiger charge is 2.24. The summed E-state index contributed by atoms with van der Waals surface area (Å²) in [6.07, 6.45) is 4.53. The summed E-state index contributed by atoms with van der Waals surface area (Å²) in [6, 6.07) is 0.596. The molecule has 1 aromatic rings. The van der Waals surface area contributed by atoms with Crippen LogP contribution in [0.2, 0.25) is 0 Å². The van der Waals surface area contributed by atoms with Gasteiger partial charge in [-0.3, -0.25) is 9.69 Å². The number of carbonyl (C=O) groups excluding carboxylic acids is 1. The van der Waals surface area contributed by atoms with Gasteiger partial charge in [-0.15, -0.1) is 23.1 Å². The van der Waals surface area contributed by atoms with Crippen molar-refractivity contribution in [2.75, 3.05) is 36.9 Å². The van der Waals surface area contributed by atoms with E-state index in [0.29, 0.717) is 16.6 Å². The molecule has 0 spiro atoms. The second kappa shape index (κ2) is 6.83. The monoisotopic (exact) mass is 313 g/mol. The van der Waals surface area contributed by atoms with Crippen LogP contribution in [0.1, 0.15) is 36.4 Å². The molecule has 0 aromatic carbocycles. The van der Waals surface area contributed by atoms with E-state index in [1.807, 2.05) is 6.26 Å². The fourth-order valence-corrected chi connectivity index (χ4v) is 4.70. The summed E-state index contributed by atoms with van der Waals surface area (Å²) >= 11 is 3.09. The molecule has 0 bridgehead atoms. The van der Waals surface area contributed by atoms with Crippen LogP contribution < -0.4 is 11.1 Å². The molecule has 2 heterocycles. The first kappa shape index (κ1) is 15.7. The molecule has 3 N–H and O–H groups in total. The summed E-state index contributed by atoms with van der Waals surface area (Å²) in [6.45, 7) is 7.02. The Balaban J connectivity index is 2.09. The van der Waals surface area contributed by atoms with Crippen LogP contribution in [0.4, 0.5) is 10.7 Å². The van der Waals surface area contributed by atoms with Gasteiger partial charge in [0.15, 0.2) is 5.78 Å². The van der Waals surface area contributed by atoms with Crippen LogP contribution in [0.15, 0.2) is 4.90 Å². The highest BCUT2D eigenvalue weighted by atomic mass is 32.2. The molecule has 1 unspecified atom stereocenters. The van der Waals surface area contributed by atoms with Crippen molar-refractivity contribution in [3.8, 4) is 0 Å². The molecule has 4 nitrogen and oxygen atoms in total. The maximum atomic E-state index is 11.6. The lowest BCUT2D eigenvalue weighted by Gasteiger charge is -2.23. The number of nitrogens with zero attached hydrogens (tertiary/aromatic N) is 1. The molecule has 1 aliphatic heterocycles. The Morgan fingerprint density at radius 2 is 2.35 bits per heavy atom. The number of thiophene rings is 1. The Kier molecular flexibility index (Phi) is 5.35. The molecule has 112 valence electrons.